The molecular weight excluding hydrogens is 264 g/mol. The zero-order chi connectivity index (χ0) is 13.9. The Hall–Kier alpha value is -2.01. The van der Waals surface area contributed by atoms with Crippen molar-refractivity contribution in [2.24, 2.45) is 0 Å². The summed E-state index contributed by atoms with van der Waals surface area (Å²) in [5.74, 6) is 0.885. The molecule has 4 nitrogen and oxygen atoms in total. The van der Waals surface area contributed by atoms with E-state index in [0.717, 1.165) is 5.56 Å². The van der Waals surface area contributed by atoms with Gasteiger partial charge in [-0.05, 0) is 43.3 Å². The highest BCUT2D eigenvalue weighted by atomic mass is 32.2. The Labute approximate surface area is 112 Å². The van der Waals surface area contributed by atoms with Gasteiger partial charge in [0.05, 0.1) is 7.11 Å². The third-order valence-electron chi connectivity index (χ3n) is 2.58. The van der Waals surface area contributed by atoms with Crippen molar-refractivity contribution in [2.75, 3.05) is 7.11 Å². The standard InChI is InChI=1S/C14H14O4S/c1-11-3-5-13(6-4-11)18-19(15,16)14-9-7-12(17-2)8-10-14/h3-10H,1-2H3. The average Bonchev–Trinajstić information content (AvgIpc) is 2.41. The SMILES string of the molecule is COc1ccc(S(=O)(=O)Oc2ccc(C)cc2)cc1. The first kappa shape index (κ1) is 13.4. The van der Waals surface area contributed by atoms with Crippen LogP contribution in [-0.4, -0.2) is 15.5 Å². The highest BCUT2D eigenvalue weighted by Gasteiger charge is 2.16. The first-order chi connectivity index (χ1) is 9.01. The van der Waals surface area contributed by atoms with Crippen LogP contribution < -0.4 is 8.92 Å². The maximum absolute atomic E-state index is 12.0. The van der Waals surface area contributed by atoms with Crippen LogP contribution in [0.25, 0.3) is 0 Å². The second-order valence-corrected chi connectivity index (χ2v) is 5.57. The first-order valence-corrected chi connectivity index (χ1v) is 7.07. The van der Waals surface area contributed by atoms with Crippen molar-refractivity contribution in [3.63, 3.8) is 0 Å². The molecule has 5 heteroatoms. The van der Waals surface area contributed by atoms with E-state index in [0.29, 0.717) is 11.5 Å². The number of hydrogen-bond acceptors (Lipinski definition) is 4. The molecule has 19 heavy (non-hydrogen) atoms. The Morgan fingerprint density at radius 1 is 0.842 bits per heavy atom. The number of methoxy groups -OCH3 is 1. The molecule has 0 unspecified atom stereocenters. The quantitative estimate of drug-likeness (QED) is 0.807. The first-order valence-electron chi connectivity index (χ1n) is 5.66. The van der Waals surface area contributed by atoms with Gasteiger partial charge in [-0.3, -0.25) is 0 Å². The Kier molecular flexibility index (Phi) is 3.76. The summed E-state index contributed by atoms with van der Waals surface area (Å²) in [4.78, 5) is 0.0916. The van der Waals surface area contributed by atoms with Gasteiger partial charge in [0.15, 0.2) is 0 Å². The number of ether oxygens (including phenoxy) is 1. The van der Waals surface area contributed by atoms with Crippen molar-refractivity contribution >= 4 is 10.1 Å². The highest BCUT2D eigenvalue weighted by Crippen LogP contribution is 2.21. The summed E-state index contributed by atoms with van der Waals surface area (Å²) in [5.41, 5.74) is 1.04. The van der Waals surface area contributed by atoms with E-state index in [-0.39, 0.29) is 4.90 Å². The predicted octanol–water partition coefficient (Wildman–Crippen LogP) is 2.77. The van der Waals surface area contributed by atoms with E-state index in [2.05, 4.69) is 0 Å². The fraction of sp³-hybridized carbons (Fsp3) is 0.143. The molecule has 0 radical (unpaired) electrons. The van der Waals surface area contributed by atoms with Gasteiger partial charge in [-0.1, -0.05) is 17.7 Å². The van der Waals surface area contributed by atoms with Crippen LogP contribution in [0.5, 0.6) is 11.5 Å². The van der Waals surface area contributed by atoms with Crippen molar-refractivity contribution in [1.29, 1.82) is 0 Å². The highest BCUT2D eigenvalue weighted by molar-refractivity contribution is 7.87. The number of aryl methyl sites for hydroxylation is 1. The lowest BCUT2D eigenvalue weighted by atomic mass is 10.2. The fourth-order valence-electron chi connectivity index (χ4n) is 1.51. The molecule has 0 aliphatic carbocycles. The summed E-state index contributed by atoms with van der Waals surface area (Å²) in [5, 5.41) is 0. The molecule has 0 N–H and O–H groups in total. The number of hydrogen-bond donors (Lipinski definition) is 0. The van der Waals surface area contributed by atoms with E-state index >= 15 is 0 Å². The Morgan fingerprint density at radius 2 is 1.37 bits per heavy atom. The predicted molar refractivity (Wildman–Crippen MR) is 72.0 cm³/mol. The minimum atomic E-state index is -3.81. The van der Waals surface area contributed by atoms with Gasteiger partial charge in [0, 0.05) is 0 Å². The van der Waals surface area contributed by atoms with Crippen molar-refractivity contribution in [3.8, 4) is 11.5 Å². The van der Waals surface area contributed by atoms with E-state index in [1.165, 1.54) is 19.2 Å². The molecule has 0 aromatic heterocycles. The van der Waals surface area contributed by atoms with Gasteiger partial charge in [0.2, 0.25) is 0 Å². The molecule has 0 saturated carbocycles. The van der Waals surface area contributed by atoms with Crippen molar-refractivity contribution in [3.05, 3.63) is 54.1 Å². The summed E-state index contributed by atoms with van der Waals surface area (Å²) >= 11 is 0. The summed E-state index contributed by atoms with van der Waals surface area (Å²) in [6, 6.07) is 12.9. The zero-order valence-corrected chi connectivity index (χ0v) is 11.5. The van der Waals surface area contributed by atoms with Crippen molar-refractivity contribution in [2.45, 2.75) is 11.8 Å². The van der Waals surface area contributed by atoms with E-state index in [1.807, 2.05) is 6.92 Å². The van der Waals surface area contributed by atoms with Gasteiger partial charge in [-0.2, -0.15) is 8.42 Å². The van der Waals surface area contributed by atoms with E-state index in [9.17, 15) is 8.42 Å². The molecule has 0 aliphatic rings. The summed E-state index contributed by atoms with van der Waals surface area (Å²) in [6.07, 6.45) is 0. The van der Waals surface area contributed by atoms with Crippen LogP contribution in [0.4, 0.5) is 0 Å². The fourth-order valence-corrected chi connectivity index (χ4v) is 2.44. The summed E-state index contributed by atoms with van der Waals surface area (Å²) in [6.45, 7) is 1.92. The van der Waals surface area contributed by atoms with Crippen LogP contribution >= 0.6 is 0 Å². The summed E-state index contributed by atoms with van der Waals surface area (Å²) in [7, 11) is -2.29. The van der Waals surface area contributed by atoms with Crippen molar-refractivity contribution < 1.29 is 17.3 Å². The molecule has 2 aromatic rings. The van der Waals surface area contributed by atoms with E-state index < -0.39 is 10.1 Å². The van der Waals surface area contributed by atoms with Gasteiger partial charge in [-0.25, -0.2) is 0 Å². The van der Waals surface area contributed by atoms with Gasteiger partial charge < -0.3 is 8.92 Å². The molecule has 0 fully saturated rings. The second-order valence-electron chi connectivity index (χ2n) is 4.03. The molecule has 0 saturated heterocycles. The molecular formula is C14H14O4S. The van der Waals surface area contributed by atoms with E-state index in [1.54, 1.807) is 36.4 Å². The van der Waals surface area contributed by atoms with Crippen molar-refractivity contribution in [1.82, 2.24) is 0 Å². The van der Waals surface area contributed by atoms with Crippen LogP contribution in [-0.2, 0) is 10.1 Å². The molecule has 0 aliphatic heterocycles. The lowest BCUT2D eigenvalue weighted by Crippen LogP contribution is -2.09. The molecule has 0 atom stereocenters. The van der Waals surface area contributed by atoms with Gasteiger partial charge in [0.1, 0.15) is 16.4 Å². The van der Waals surface area contributed by atoms with Crippen LogP contribution in [0.2, 0.25) is 0 Å². The molecule has 0 spiro atoms. The van der Waals surface area contributed by atoms with Gasteiger partial charge in [-0.15, -0.1) is 0 Å². The molecule has 2 rings (SSSR count). The monoisotopic (exact) mass is 278 g/mol. The van der Waals surface area contributed by atoms with Crippen LogP contribution in [0.1, 0.15) is 5.56 Å². The normalized spacial score (nSPS) is 11.1. The molecule has 2 aromatic carbocycles. The zero-order valence-electron chi connectivity index (χ0n) is 10.7. The molecule has 0 bridgehead atoms. The topological polar surface area (TPSA) is 52.6 Å². The smallest absolute Gasteiger partial charge is 0.339 e. The summed E-state index contributed by atoms with van der Waals surface area (Å²) < 4.78 is 34.1. The Balaban J connectivity index is 2.24. The lowest BCUT2D eigenvalue weighted by Gasteiger charge is -2.07. The maximum Gasteiger partial charge on any atom is 0.339 e. The third kappa shape index (κ3) is 3.26. The molecule has 0 amide bonds. The molecule has 100 valence electrons. The number of benzene rings is 2. The minimum absolute atomic E-state index is 0.0916. The Morgan fingerprint density at radius 3 is 1.89 bits per heavy atom. The average molecular weight is 278 g/mol. The van der Waals surface area contributed by atoms with Gasteiger partial charge >= 0.3 is 10.1 Å². The lowest BCUT2D eigenvalue weighted by molar-refractivity contribution is 0.414. The van der Waals surface area contributed by atoms with Gasteiger partial charge in [0.25, 0.3) is 0 Å². The van der Waals surface area contributed by atoms with E-state index in [4.69, 9.17) is 8.92 Å². The number of rotatable bonds is 4. The largest absolute Gasteiger partial charge is 0.497 e. The second kappa shape index (κ2) is 5.32. The Bertz CT molecular complexity index is 643. The minimum Gasteiger partial charge on any atom is -0.497 e. The maximum atomic E-state index is 12.0. The van der Waals surface area contributed by atoms with Crippen LogP contribution in [0.3, 0.4) is 0 Å². The molecule has 0 heterocycles. The van der Waals surface area contributed by atoms with Crippen LogP contribution in [0, 0.1) is 6.92 Å². The van der Waals surface area contributed by atoms with Crippen LogP contribution in [0.15, 0.2) is 53.4 Å². The third-order valence-corrected chi connectivity index (χ3v) is 3.84.